The second-order valence-electron chi connectivity index (χ2n) is 6.57. The lowest BCUT2D eigenvalue weighted by Crippen LogP contribution is -2.42. The van der Waals surface area contributed by atoms with Gasteiger partial charge in [-0.05, 0) is 54.3 Å². The third-order valence-corrected chi connectivity index (χ3v) is 5.84. The van der Waals surface area contributed by atoms with Crippen molar-refractivity contribution in [3.05, 3.63) is 48.0 Å². The average Bonchev–Trinajstić information content (AvgIpc) is 2.65. The van der Waals surface area contributed by atoms with Gasteiger partial charge in [-0.25, -0.2) is 0 Å². The number of amides is 1. The van der Waals surface area contributed by atoms with Gasteiger partial charge >= 0.3 is 0 Å². The van der Waals surface area contributed by atoms with E-state index in [1.807, 2.05) is 23.9 Å². The summed E-state index contributed by atoms with van der Waals surface area (Å²) >= 11 is 1.88. The van der Waals surface area contributed by atoms with Crippen LogP contribution in [0.4, 0.5) is 0 Å². The molecule has 138 valence electrons. The van der Waals surface area contributed by atoms with Gasteiger partial charge in [-0.15, -0.1) is 11.8 Å². The van der Waals surface area contributed by atoms with Gasteiger partial charge in [0.2, 0.25) is 5.91 Å². The number of nitrogens with one attached hydrogen (secondary N) is 1. The number of thioether (sulfide) groups is 1. The fourth-order valence-corrected chi connectivity index (χ4v) is 4.26. The molecule has 2 bridgehead atoms. The van der Waals surface area contributed by atoms with E-state index in [4.69, 9.17) is 10.5 Å². The molecule has 1 aliphatic rings. The van der Waals surface area contributed by atoms with Gasteiger partial charge in [0, 0.05) is 4.90 Å². The number of hydrogen-bond acceptors (Lipinski definition) is 4. The van der Waals surface area contributed by atoms with Gasteiger partial charge in [0.25, 0.3) is 0 Å². The van der Waals surface area contributed by atoms with Crippen molar-refractivity contribution in [3.8, 4) is 16.9 Å². The zero-order valence-corrected chi connectivity index (χ0v) is 16.0. The topological polar surface area (TPSA) is 64.4 Å². The molecule has 0 aliphatic carbocycles. The van der Waals surface area contributed by atoms with Crippen LogP contribution in [-0.4, -0.2) is 30.9 Å². The van der Waals surface area contributed by atoms with E-state index < -0.39 is 6.04 Å². The summed E-state index contributed by atoms with van der Waals surface area (Å²) in [6.45, 7) is 3.05. The Morgan fingerprint density at radius 2 is 2.04 bits per heavy atom. The fraction of sp³-hybridized carbons (Fsp3) is 0.381. The SMILES string of the molecule is Cc1cccc2c1SCCCC[C@H](N)C(=O)NCCOc1cccc-2c1. The zero-order chi connectivity index (χ0) is 18.4. The Bertz CT molecular complexity index is 763. The number of hydrogen-bond donors (Lipinski definition) is 2. The van der Waals surface area contributed by atoms with E-state index in [1.54, 1.807) is 0 Å². The Morgan fingerprint density at radius 1 is 1.19 bits per heavy atom. The molecule has 1 amide bonds. The second kappa shape index (κ2) is 9.10. The van der Waals surface area contributed by atoms with Crippen molar-refractivity contribution in [3.63, 3.8) is 0 Å². The van der Waals surface area contributed by atoms with Crippen molar-refractivity contribution in [1.82, 2.24) is 5.32 Å². The standard InChI is InChI=1S/C21H26N2O2S/c1-15-6-4-9-18-16-7-5-8-17(14-16)25-12-11-23-21(24)19(22)10-2-3-13-26-20(15)18/h4-9,14,19H,2-3,10-13,22H2,1H3,(H,23,24)/t19-/m0/s1. The van der Waals surface area contributed by atoms with E-state index in [2.05, 4.69) is 42.6 Å². The first kappa shape index (κ1) is 18.8. The van der Waals surface area contributed by atoms with E-state index in [0.29, 0.717) is 19.6 Å². The maximum absolute atomic E-state index is 12.0. The average molecular weight is 371 g/mol. The Morgan fingerprint density at radius 3 is 2.92 bits per heavy atom. The van der Waals surface area contributed by atoms with Crippen LogP contribution in [0, 0.1) is 6.92 Å². The van der Waals surface area contributed by atoms with Crippen LogP contribution in [0.2, 0.25) is 0 Å². The first-order chi connectivity index (χ1) is 12.6. The first-order valence-electron chi connectivity index (χ1n) is 9.14. The molecule has 0 fully saturated rings. The van der Waals surface area contributed by atoms with Crippen molar-refractivity contribution >= 4 is 17.7 Å². The van der Waals surface area contributed by atoms with Gasteiger partial charge in [-0.1, -0.05) is 36.8 Å². The van der Waals surface area contributed by atoms with Gasteiger partial charge in [0.1, 0.15) is 12.4 Å². The molecular formula is C21H26N2O2S. The van der Waals surface area contributed by atoms with Crippen LogP contribution in [0.15, 0.2) is 47.4 Å². The summed E-state index contributed by atoms with van der Waals surface area (Å²) in [5, 5.41) is 2.85. The number of carbonyl (C=O) groups is 1. The monoisotopic (exact) mass is 370 g/mol. The lowest BCUT2D eigenvalue weighted by Gasteiger charge is -2.16. The highest BCUT2D eigenvalue weighted by Crippen LogP contribution is 2.36. The van der Waals surface area contributed by atoms with E-state index in [9.17, 15) is 4.79 Å². The van der Waals surface area contributed by atoms with Crippen molar-refractivity contribution in [2.75, 3.05) is 18.9 Å². The van der Waals surface area contributed by atoms with Crippen LogP contribution in [0.1, 0.15) is 24.8 Å². The van der Waals surface area contributed by atoms with Crippen LogP contribution in [-0.2, 0) is 4.79 Å². The normalized spacial score (nSPS) is 19.2. The third kappa shape index (κ3) is 4.80. The Labute approximate surface area is 159 Å². The Hall–Kier alpha value is -1.98. The summed E-state index contributed by atoms with van der Waals surface area (Å²) < 4.78 is 5.81. The van der Waals surface area contributed by atoms with Crippen LogP contribution in [0.3, 0.4) is 0 Å². The molecule has 3 N–H and O–H groups in total. The van der Waals surface area contributed by atoms with Crippen molar-refractivity contribution in [2.24, 2.45) is 5.73 Å². The van der Waals surface area contributed by atoms with Gasteiger partial charge in [-0.2, -0.15) is 0 Å². The largest absolute Gasteiger partial charge is 0.492 e. The van der Waals surface area contributed by atoms with E-state index >= 15 is 0 Å². The highest BCUT2D eigenvalue weighted by atomic mass is 32.2. The fourth-order valence-electron chi connectivity index (χ4n) is 3.07. The van der Waals surface area contributed by atoms with Crippen LogP contribution >= 0.6 is 11.8 Å². The molecule has 0 saturated carbocycles. The molecule has 0 spiro atoms. The lowest BCUT2D eigenvalue weighted by atomic mass is 10.0. The summed E-state index contributed by atoms with van der Waals surface area (Å²) in [5.41, 5.74) is 9.67. The molecule has 2 aromatic carbocycles. The molecule has 0 saturated heterocycles. The minimum atomic E-state index is -0.440. The van der Waals surface area contributed by atoms with E-state index in [1.165, 1.54) is 16.0 Å². The molecular weight excluding hydrogens is 344 g/mol. The molecule has 1 heterocycles. The molecule has 2 aromatic rings. The molecule has 0 radical (unpaired) electrons. The van der Waals surface area contributed by atoms with E-state index in [-0.39, 0.29) is 5.91 Å². The van der Waals surface area contributed by atoms with E-state index in [0.717, 1.165) is 29.9 Å². The molecule has 1 aliphatic heterocycles. The lowest BCUT2D eigenvalue weighted by molar-refractivity contribution is -0.122. The number of fused-ring (bicyclic) bond motifs is 4. The number of ether oxygens (including phenoxy) is 1. The van der Waals surface area contributed by atoms with Crippen molar-refractivity contribution in [2.45, 2.75) is 37.1 Å². The van der Waals surface area contributed by atoms with Crippen LogP contribution < -0.4 is 15.8 Å². The minimum Gasteiger partial charge on any atom is -0.492 e. The smallest absolute Gasteiger partial charge is 0.237 e. The number of aryl methyl sites for hydroxylation is 1. The number of carbonyl (C=O) groups excluding carboxylic acids is 1. The van der Waals surface area contributed by atoms with Gasteiger partial charge in [0.15, 0.2) is 0 Å². The molecule has 3 rings (SSSR count). The highest BCUT2D eigenvalue weighted by molar-refractivity contribution is 7.99. The number of benzene rings is 2. The summed E-state index contributed by atoms with van der Waals surface area (Å²) in [7, 11) is 0. The highest BCUT2D eigenvalue weighted by Gasteiger charge is 2.14. The molecule has 4 nitrogen and oxygen atoms in total. The molecule has 1 atom stereocenters. The van der Waals surface area contributed by atoms with Crippen molar-refractivity contribution < 1.29 is 9.53 Å². The maximum Gasteiger partial charge on any atom is 0.237 e. The quantitative estimate of drug-likeness (QED) is 0.741. The first-order valence-corrected chi connectivity index (χ1v) is 10.1. The number of nitrogens with two attached hydrogens (primary N) is 1. The molecule has 0 unspecified atom stereocenters. The maximum atomic E-state index is 12.0. The Balaban J connectivity index is 1.87. The summed E-state index contributed by atoms with van der Waals surface area (Å²) in [4.78, 5) is 13.3. The predicted molar refractivity (Wildman–Crippen MR) is 108 cm³/mol. The molecule has 26 heavy (non-hydrogen) atoms. The molecule has 5 heteroatoms. The van der Waals surface area contributed by atoms with Gasteiger partial charge < -0.3 is 15.8 Å². The summed E-state index contributed by atoms with van der Waals surface area (Å²) in [6, 6.07) is 14.1. The van der Waals surface area contributed by atoms with Crippen LogP contribution in [0.25, 0.3) is 11.1 Å². The van der Waals surface area contributed by atoms with Gasteiger partial charge in [0.05, 0.1) is 12.6 Å². The Kier molecular flexibility index (Phi) is 6.58. The third-order valence-electron chi connectivity index (χ3n) is 4.52. The predicted octanol–water partition coefficient (Wildman–Crippen LogP) is 3.76. The van der Waals surface area contributed by atoms with Crippen LogP contribution in [0.5, 0.6) is 5.75 Å². The zero-order valence-electron chi connectivity index (χ0n) is 15.2. The summed E-state index contributed by atoms with van der Waals surface area (Å²) in [5.74, 6) is 1.73. The van der Waals surface area contributed by atoms with Crippen molar-refractivity contribution in [1.29, 1.82) is 0 Å². The minimum absolute atomic E-state index is 0.0942. The summed E-state index contributed by atoms with van der Waals surface area (Å²) in [6.07, 6.45) is 2.71. The van der Waals surface area contributed by atoms with Gasteiger partial charge in [-0.3, -0.25) is 4.79 Å². The molecule has 0 aromatic heterocycles. The second-order valence-corrected chi connectivity index (χ2v) is 7.67. The number of rotatable bonds is 0.